The Bertz CT molecular complexity index is 651. The Morgan fingerprint density at radius 2 is 1.90 bits per heavy atom. The van der Waals surface area contributed by atoms with Gasteiger partial charge in [0, 0.05) is 19.5 Å². The van der Waals surface area contributed by atoms with Gasteiger partial charge in [-0.1, -0.05) is 13.0 Å². The highest BCUT2D eigenvalue weighted by Crippen LogP contribution is 2.28. The molecule has 3 N–H and O–H groups in total. The van der Waals surface area contributed by atoms with Crippen molar-refractivity contribution in [3.05, 3.63) is 23.8 Å². The summed E-state index contributed by atoms with van der Waals surface area (Å²) in [5.74, 6) is 1.95. The summed E-state index contributed by atoms with van der Waals surface area (Å²) in [7, 11) is 1.55. The van der Waals surface area contributed by atoms with Crippen molar-refractivity contribution in [2.45, 2.75) is 39.7 Å². The molecule has 0 aliphatic carbocycles. The van der Waals surface area contributed by atoms with E-state index in [1.165, 1.54) is 0 Å². The van der Waals surface area contributed by atoms with Crippen LogP contribution in [0, 0.1) is 11.8 Å². The van der Waals surface area contributed by atoms with Gasteiger partial charge in [0.05, 0.1) is 7.11 Å². The topological polar surface area (TPSA) is 88.7 Å². The highest BCUT2D eigenvalue weighted by molar-refractivity contribution is 5.85. The molecule has 8 heteroatoms. The molecule has 0 saturated carbocycles. The van der Waals surface area contributed by atoms with E-state index in [1.54, 1.807) is 13.2 Å². The van der Waals surface area contributed by atoms with Gasteiger partial charge in [0.2, 0.25) is 5.91 Å². The monoisotopic (exact) mass is 427 g/mol. The molecule has 1 aliphatic heterocycles. The first kappa shape index (κ1) is 25.0. The average Bonchev–Trinajstić information content (AvgIpc) is 2.71. The molecule has 0 spiro atoms. The summed E-state index contributed by atoms with van der Waals surface area (Å²) in [5.41, 5.74) is 0.921. The fraction of sp³-hybridized carbons (Fsp3) is 0.619. The molecule has 1 saturated heterocycles. The van der Waals surface area contributed by atoms with Crippen molar-refractivity contribution in [3.8, 4) is 11.5 Å². The fourth-order valence-corrected chi connectivity index (χ4v) is 3.48. The Labute approximate surface area is 179 Å². The van der Waals surface area contributed by atoms with Crippen molar-refractivity contribution < 1.29 is 19.1 Å². The molecule has 7 nitrogen and oxygen atoms in total. The number of amides is 2. The number of carbonyl (C=O) groups is 2. The van der Waals surface area contributed by atoms with Gasteiger partial charge in [-0.25, -0.2) is 0 Å². The number of halogens is 1. The summed E-state index contributed by atoms with van der Waals surface area (Å²) in [6.45, 7) is 7.05. The largest absolute Gasteiger partial charge is 0.493 e. The Kier molecular flexibility index (Phi) is 11.5. The molecule has 1 aromatic carbocycles. The lowest BCUT2D eigenvalue weighted by molar-refractivity contribution is -0.123. The SMILES string of the molecule is CCNC(=O)COc1ccc(CNC(=O)CC(C)C2CCNCC2)cc1OC.Cl. The fourth-order valence-electron chi connectivity index (χ4n) is 3.48. The van der Waals surface area contributed by atoms with E-state index in [1.807, 2.05) is 19.1 Å². The number of hydrogen-bond donors (Lipinski definition) is 3. The standard InChI is InChI=1S/C21H33N3O4.ClH/c1-4-23-21(26)14-28-18-6-5-16(12-19(18)27-3)13-24-20(25)11-15(2)17-7-9-22-10-8-17;/h5-6,12,15,17,22H,4,7-11,13-14H2,1-3H3,(H,23,26)(H,24,25);1H. The second-order valence-corrected chi connectivity index (χ2v) is 7.27. The molecular formula is C21H34ClN3O4. The van der Waals surface area contributed by atoms with Crippen molar-refractivity contribution in [2.24, 2.45) is 11.8 Å². The molecule has 1 aliphatic rings. The van der Waals surface area contributed by atoms with Gasteiger partial charge in [-0.05, 0) is 62.4 Å². The maximum absolute atomic E-state index is 12.3. The lowest BCUT2D eigenvalue weighted by Gasteiger charge is -2.27. The molecule has 0 bridgehead atoms. The van der Waals surface area contributed by atoms with Gasteiger partial charge in [-0.15, -0.1) is 12.4 Å². The number of hydrogen-bond acceptors (Lipinski definition) is 5. The summed E-state index contributed by atoms with van der Waals surface area (Å²) in [4.78, 5) is 23.8. The van der Waals surface area contributed by atoms with Crippen LogP contribution in [0.5, 0.6) is 11.5 Å². The quantitative estimate of drug-likeness (QED) is 0.533. The normalized spacial score (nSPS) is 15.0. The number of methoxy groups -OCH3 is 1. The highest BCUT2D eigenvalue weighted by Gasteiger charge is 2.21. The van der Waals surface area contributed by atoms with Crippen LogP contribution in [-0.2, 0) is 16.1 Å². The van der Waals surface area contributed by atoms with E-state index in [9.17, 15) is 9.59 Å². The number of likely N-dealkylation sites (N-methyl/N-ethyl adjacent to an activating group) is 1. The maximum atomic E-state index is 12.3. The molecule has 2 rings (SSSR count). The van der Waals surface area contributed by atoms with E-state index in [4.69, 9.17) is 9.47 Å². The number of benzene rings is 1. The van der Waals surface area contributed by atoms with Crippen molar-refractivity contribution in [1.82, 2.24) is 16.0 Å². The first-order valence-corrected chi connectivity index (χ1v) is 10.1. The van der Waals surface area contributed by atoms with Gasteiger partial charge >= 0.3 is 0 Å². The highest BCUT2D eigenvalue weighted by atomic mass is 35.5. The zero-order valence-electron chi connectivity index (χ0n) is 17.6. The summed E-state index contributed by atoms with van der Waals surface area (Å²) < 4.78 is 10.9. The second-order valence-electron chi connectivity index (χ2n) is 7.27. The van der Waals surface area contributed by atoms with E-state index in [2.05, 4.69) is 22.9 Å². The molecule has 1 fully saturated rings. The summed E-state index contributed by atoms with van der Waals surface area (Å²) in [6, 6.07) is 5.45. The summed E-state index contributed by atoms with van der Waals surface area (Å²) in [6.07, 6.45) is 2.84. The van der Waals surface area contributed by atoms with E-state index in [0.29, 0.717) is 42.8 Å². The third-order valence-electron chi connectivity index (χ3n) is 5.15. The van der Waals surface area contributed by atoms with E-state index in [-0.39, 0.29) is 30.8 Å². The molecule has 0 aromatic heterocycles. The molecule has 2 amide bonds. The zero-order chi connectivity index (χ0) is 20.4. The average molecular weight is 428 g/mol. The van der Waals surface area contributed by atoms with Crippen LogP contribution < -0.4 is 25.4 Å². The number of piperidine rings is 1. The van der Waals surface area contributed by atoms with Crippen LogP contribution in [0.15, 0.2) is 18.2 Å². The predicted molar refractivity (Wildman–Crippen MR) is 116 cm³/mol. The van der Waals surface area contributed by atoms with Crippen LogP contribution in [0.25, 0.3) is 0 Å². The van der Waals surface area contributed by atoms with E-state index >= 15 is 0 Å². The molecule has 1 atom stereocenters. The molecule has 1 heterocycles. The smallest absolute Gasteiger partial charge is 0.257 e. The number of ether oxygens (including phenoxy) is 2. The predicted octanol–water partition coefficient (Wildman–Crippen LogP) is 2.27. The van der Waals surface area contributed by atoms with Crippen LogP contribution >= 0.6 is 12.4 Å². The zero-order valence-corrected chi connectivity index (χ0v) is 18.4. The Morgan fingerprint density at radius 3 is 2.55 bits per heavy atom. The van der Waals surface area contributed by atoms with Gasteiger partial charge in [-0.3, -0.25) is 9.59 Å². The van der Waals surface area contributed by atoms with Crippen LogP contribution in [-0.4, -0.2) is 45.2 Å². The Balaban J connectivity index is 0.00000420. The van der Waals surface area contributed by atoms with Gasteiger partial charge in [0.1, 0.15) is 0 Å². The number of nitrogens with one attached hydrogen (secondary N) is 3. The molecule has 29 heavy (non-hydrogen) atoms. The molecule has 164 valence electrons. The number of rotatable bonds is 10. The van der Waals surface area contributed by atoms with Gasteiger partial charge in [0.25, 0.3) is 5.91 Å². The molecule has 1 aromatic rings. The van der Waals surface area contributed by atoms with Crippen molar-refractivity contribution in [3.63, 3.8) is 0 Å². The second kappa shape index (κ2) is 13.3. The third kappa shape index (κ3) is 8.50. The minimum atomic E-state index is -0.177. The van der Waals surface area contributed by atoms with Gasteiger partial charge in [-0.2, -0.15) is 0 Å². The van der Waals surface area contributed by atoms with Crippen molar-refractivity contribution >= 4 is 24.2 Å². The molecule has 1 unspecified atom stereocenters. The minimum Gasteiger partial charge on any atom is -0.493 e. The Hall–Kier alpha value is -1.99. The third-order valence-corrected chi connectivity index (χ3v) is 5.15. The lowest BCUT2D eigenvalue weighted by Crippen LogP contribution is -2.33. The van der Waals surface area contributed by atoms with Crippen molar-refractivity contribution in [1.29, 1.82) is 0 Å². The summed E-state index contributed by atoms with van der Waals surface area (Å²) >= 11 is 0. The van der Waals surface area contributed by atoms with Gasteiger partial charge < -0.3 is 25.4 Å². The van der Waals surface area contributed by atoms with Crippen LogP contribution in [0.4, 0.5) is 0 Å². The van der Waals surface area contributed by atoms with Crippen LogP contribution in [0.2, 0.25) is 0 Å². The van der Waals surface area contributed by atoms with Gasteiger partial charge in [0.15, 0.2) is 18.1 Å². The van der Waals surface area contributed by atoms with Crippen molar-refractivity contribution in [2.75, 3.05) is 33.4 Å². The molecular weight excluding hydrogens is 394 g/mol. The first-order valence-electron chi connectivity index (χ1n) is 10.1. The first-order chi connectivity index (χ1) is 13.5. The molecule has 0 radical (unpaired) electrons. The lowest BCUT2D eigenvalue weighted by atomic mass is 9.84. The van der Waals surface area contributed by atoms with Crippen LogP contribution in [0.3, 0.4) is 0 Å². The van der Waals surface area contributed by atoms with E-state index in [0.717, 1.165) is 31.5 Å². The van der Waals surface area contributed by atoms with Crippen LogP contribution in [0.1, 0.15) is 38.7 Å². The Morgan fingerprint density at radius 1 is 1.17 bits per heavy atom. The minimum absolute atomic E-state index is 0. The summed E-state index contributed by atoms with van der Waals surface area (Å²) in [5, 5.41) is 9.03. The number of carbonyl (C=O) groups excluding carboxylic acids is 2. The van der Waals surface area contributed by atoms with E-state index < -0.39 is 0 Å². The maximum Gasteiger partial charge on any atom is 0.257 e.